The number of carbonyl (C=O) groups excluding carboxylic acids is 1. The molecule has 11 heavy (non-hydrogen) atoms. The molecule has 0 aromatic carbocycles. The Kier molecular flexibility index (Phi) is 4.11. The van der Waals surface area contributed by atoms with Crippen molar-refractivity contribution in [3.05, 3.63) is 0 Å². The van der Waals surface area contributed by atoms with Gasteiger partial charge >= 0.3 is 0 Å². The first-order chi connectivity index (χ1) is 4.95. The summed E-state index contributed by atoms with van der Waals surface area (Å²) in [5.41, 5.74) is 0. The third-order valence-corrected chi connectivity index (χ3v) is 1.33. The topological polar surface area (TPSA) is 49.3 Å². The van der Waals surface area contributed by atoms with Crippen molar-refractivity contribution in [2.24, 2.45) is 5.92 Å². The fourth-order valence-corrected chi connectivity index (χ4v) is 0.673. The molecule has 0 aromatic rings. The lowest BCUT2D eigenvalue weighted by Crippen LogP contribution is -2.41. The van der Waals surface area contributed by atoms with E-state index >= 15 is 0 Å². The van der Waals surface area contributed by atoms with Crippen molar-refractivity contribution >= 4 is 5.91 Å². The first kappa shape index (κ1) is 10.4. The summed E-state index contributed by atoms with van der Waals surface area (Å²) in [6.07, 6.45) is -0.877. The summed E-state index contributed by atoms with van der Waals surface area (Å²) < 4.78 is 0. The Labute approximate surface area is 67.8 Å². The molecule has 66 valence electrons. The van der Waals surface area contributed by atoms with Crippen molar-refractivity contribution in [1.82, 2.24) is 5.32 Å². The van der Waals surface area contributed by atoms with Crippen LogP contribution in [0.2, 0.25) is 0 Å². The van der Waals surface area contributed by atoms with Gasteiger partial charge in [0.1, 0.15) is 6.10 Å². The van der Waals surface area contributed by atoms with Crippen LogP contribution in [-0.4, -0.2) is 23.2 Å². The monoisotopic (exact) mass is 159 g/mol. The predicted molar refractivity (Wildman–Crippen MR) is 44.1 cm³/mol. The SMILES string of the molecule is CC(C)NC(=O)[C@H](O)C(C)C. The van der Waals surface area contributed by atoms with Crippen molar-refractivity contribution in [2.75, 3.05) is 0 Å². The van der Waals surface area contributed by atoms with E-state index in [1.807, 2.05) is 27.7 Å². The minimum atomic E-state index is -0.877. The predicted octanol–water partition coefficient (Wildman–Crippen LogP) is 0.528. The van der Waals surface area contributed by atoms with Gasteiger partial charge in [-0.2, -0.15) is 0 Å². The van der Waals surface area contributed by atoms with Gasteiger partial charge in [0.25, 0.3) is 0 Å². The number of amides is 1. The van der Waals surface area contributed by atoms with Gasteiger partial charge in [0, 0.05) is 6.04 Å². The summed E-state index contributed by atoms with van der Waals surface area (Å²) in [5.74, 6) is -0.302. The van der Waals surface area contributed by atoms with Crippen LogP contribution >= 0.6 is 0 Å². The van der Waals surface area contributed by atoms with Crippen LogP contribution in [0.25, 0.3) is 0 Å². The Balaban J connectivity index is 3.83. The van der Waals surface area contributed by atoms with Crippen molar-refractivity contribution in [3.8, 4) is 0 Å². The molecular weight excluding hydrogens is 142 g/mol. The van der Waals surface area contributed by atoms with E-state index in [-0.39, 0.29) is 17.9 Å². The molecule has 0 unspecified atom stereocenters. The van der Waals surface area contributed by atoms with Crippen molar-refractivity contribution in [1.29, 1.82) is 0 Å². The average Bonchev–Trinajstić information content (AvgIpc) is 1.84. The lowest BCUT2D eigenvalue weighted by Gasteiger charge is -2.15. The maximum Gasteiger partial charge on any atom is 0.249 e. The van der Waals surface area contributed by atoms with Gasteiger partial charge in [-0.15, -0.1) is 0 Å². The van der Waals surface area contributed by atoms with Gasteiger partial charge in [-0.3, -0.25) is 4.79 Å². The summed E-state index contributed by atoms with van der Waals surface area (Å²) >= 11 is 0. The van der Waals surface area contributed by atoms with E-state index < -0.39 is 6.10 Å². The maximum atomic E-state index is 11.0. The van der Waals surface area contributed by atoms with E-state index in [0.29, 0.717) is 0 Å². The molecule has 1 amide bonds. The highest BCUT2D eigenvalue weighted by Gasteiger charge is 2.18. The number of rotatable bonds is 3. The first-order valence-corrected chi connectivity index (χ1v) is 3.93. The molecule has 2 N–H and O–H groups in total. The molecule has 3 heteroatoms. The van der Waals surface area contributed by atoms with Gasteiger partial charge in [0.05, 0.1) is 0 Å². The molecular formula is C8H17NO2. The molecule has 3 nitrogen and oxygen atoms in total. The molecule has 0 spiro atoms. The van der Waals surface area contributed by atoms with E-state index in [9.17, 15) is 9.90 Å². The second-order valence-electron chi connectivity index (χ2n) is 3.35. The summed E-state index contributed by atoms with van der Waals surface area (Å²) in [6, 6.07) is 0.0934. The van der Waals surface area contributed by atoms with Crippen LogP contribution in [0.1, 0.15) is 27.7 Å². The molecule has 0 fully saturated rings. The lowest BCUT2D eigenvalue weighted by atomic mass is 10.1. The van der Waals surface area contributed by atoms with Crippen LogP contribution in [0.4, 0.5) is 0 Å². The second kappa shape index (κ2) is 4.34. The van der Waals surface area contributed by atoms with E-state index in [0.717, 1.165) is 0 Å². The fraction of sp³-hybridized carbons (Fsp3) is 0.875. The van der Waals surface area contributed by atoms with Gasteiger partial charge < -0.3 is 10.4 Å². The number of hydrogen-bond acceptors (Lipinski definition) is 2. The molecule has 0 aliphatic heterocycles. The van der Waals surface area contributed by atoms with Crippen molar-refractivity contribution < 1.29 is 9.90 Å². The largest absolute Gasteiger partial charge is 0.383 e. The van der Waals surface area contributed by atoms with E-state index in [1.165, 1.54) is 0 Å². The van der Waals surface area contributed by atoms with Gasteiger partial charge in [-0.25, -0.2) is 0 Å². The molecule has 0 bridgehead atoms. The minimum Gasteiger partial charge on any atom is -0.383 e. The average molecular weight is 159 g/mol. The quantitative estimate of drug-likeness (QED) is 0.631. The summed E-state index contributed by atoms with van der Waals surface area (Å²) in [7, 11) is 0. The highest BCUT2D eigenvalue weighted by Crippen LogP contribution is 2.00. The van der Waals surface area contributed by atoms with Gasteiger partial charge in [-0.05, 0) is 19.8 Å². The molecule has 0 saturated carbocycles. The number of aliphatic hydroxyl groups excluding tert-OH is 1. The fourth-order valence-electron chi connectivity index (χ4n) is 0.673. The van der Waals surface area contributed by atoms with Crippen LogP contribution in [0.5, 0.6) is 0 Å². The zero-order valence-electron chi connectivity index (χ0n) is 7.59. The molecule has 0 heterocycles. The third kappa shape index (κ3) is 3.98. The van der Waals surface area contributed by atoms with Crippen LogP contribution in [0.3, 0.4) is 0 Å². The van der Waals surface area contributed by atoms with Crippen molar-refractivity contribution in [3.63, 3.8) is 0 Å². The molecule has 0 rings (SSSR count). The summed E-state index contributed by atoms with van der Waals surface area (Å²) in [6.45, 7) is 7.35. The van der Waals surface area contributed by atoms with Gasteiger partial charge in [-0.1, -0.05) is 13.8 Å². The summed E-state index contributed by atoms with van der Waals surface area (Å²) in [5, 5.41) is 11.9. The zero-order chi connectivity index (χ0) is 9.02. The molecule has 0 aliphatic rings. The Morgan fingerprint density at radius 2 is 1.73 bits per heavy atom. The Bertz CT molecular complexity index is 132. The van der Waals surface area contributed by atoms with Gasteiger partial charge in [0.2, 0.25) is 5.91 Å². The lowest BCUT2D eigenvalue weighted by molar-refractivity contribution is -0.131. The zero-order valence-corrected chi connectivity index (χ0v) is 7.59. The standard InChI is InChI=1S/C8H17NO2/c1-5(2)7(10)8(11)9-6(3)4/h5-7,10H,1-4H3,(H,9,11)/t7-/m1/s1. The Morgan fingerprint density at radius 1 is 1.27 bits per heavy atom. The molecule has 0 aliphatic carbocycles. The second-order valence-corrected chi connectivity index (χ2v) is 3.35. The first-order valence-electron chi connectivity index (χ1n) is 3.93. The number of carbonyl (C=O) groups is 1. The normalized spacial score (nSPS) is 13.7. The molecule has 1 atom stereocenters. The highest BCUT2D eigenvalue weighted by molar-refractivity contribution is 5.80. The van der Waals surface area contributed by atoms with E-state index in [4.69, 9.17) is 0 Å². The Hall–Kier alpha value is -0.570. The number of hydrogen-bond donors (Lipinski definition) is 2. The molecule has 0 aromatic heterocycles. The number of aliphatic hydroxyl groups is 1. The summed E-state index contributed by atoms with van der Waals surface area (Å²) in [4.78, 5) is 11.0. The van der Waals surface area contributed by atoms with E-state index in [1.54, 1.807) is 0 Å². The molecule has 0 saturated heterocycles. The van der Waals surface area contributed by atoms with Crippen LogP contribution in [0, 0.1) is 5.92 Å². The highest BCUT2D eigenvalue weighted by atomic mass is 16.3. The minimum absolute atomic E-state index is 0.0197. The van der Waals surface area contributed by atoms with Crippen LogP contribution in [-0.2, 0) is 4.79 Å². The van der Waals surface area contributed by atoms with E-state index in [2.05, 4.69) is 5.32 Å². The maximum absolute atomic E-state index is 11.0. The Morgan fingerprint density at radius 3 is 2.00 bits per heavy atom. The van der Waals surface area contributed by atoms with Crippen LogP contribution in [0.15, 0.2) is 0 Å². The smallest absolute Gasteiger partial charge is 0.249 e. The van der Waals surface area contributed by atoms with Crippen LogP contribution < -0.4 is 5.32 Å². The third-order valence-electron chi connectivity index (χ3n) is 1.33. The van der Waals surface area contributed by atoms with Gasteiger partial charge in [0.15, 0.2) is 0 Å². The van der Waals surface area contributed by atoms with Crippen molar-refractivity contribution in [2.45, 2.75) is 39.8 Å². The molecule has 0 radical (unpaired) electrons. The number of nitrogens with one attached hydrogen (secondary N) is 1.